The zero-order chi connectivity index (χ0) is 17.5. The molecule has 0 aliphatic rings. The Hall–Kier alpha value is -2.37. The van der Waals surface area contributed by atoms with Crippen LogP contribution in [0.15, 0.2) is 42.2 Å². The Morgan fingerprint density at radius 2 is 1.91 bits per heavy atom. The van der Waals surface area contributed by atoms with Crippen LogP contribution in [0.4, 0.5) is 9.18 Å². The van der Waals surface area contributed by atoms with Crippen LogP contribution in [0.5, 0.6) is 0 Å². The lowest BCUT2D eigenvalue weighted by atomic mass is 10.0. The number of rotatable bonds is 6. The van der Waals surface area contributed by atoms with Gasteiger partial charge in [0.1, 0.15) is 11.4 Å². The first-order valence-electron chi connectivity index (χ1n) is 7.28. The molecular weight excluding hydrogens is 301 g/mol. The van der Waals surface area contributed by atoms with E-state index in [0.717, 1.165) is 11.6 Å². The fraction of sp³-hybridized carbons (Fsp3) is 0.412. The molecule has 0 spiro atoms. The van der Waals surface area contributed by atoms with Crippen molar-refractivity contribution < 1.29 is 23.8 Å². The second-order valence-corrected chi connectivity index (χ2v) is 6.08. The number of benzene rings is 1. The molecule has 0 aromatic heterocycles. The van der Waals surface area contributed by atoms with Gasteiger partial charge in [0.25, 0.3) is 0 Å². The third kappa shape index (κ3) is 7.99. The number of hydrogen-bond donors (Lipinski definition) is 2. The van der Waals surface area contributed by atoms with Gasteiger partial charge in [0.05, 0.1) is 12.5 Å². The highest BCUT2D eigenvalue weighted by Gasteiger charge is 2.22. The Balaban J connectivity index is 2.85. The van der Waals surface area contributed by atoms with Crippen LogP contribution in [0.25, 0.3) is 0 Å². The lowest BCUT2D eigenvalue weighted by Crippen LogP contribution is -2.40. The van der Waals surface area contributed by atoms with Gasteiger partial charge in [-0.2, -0.15) is 0 Å². The Kier molecular flexibility index (Phi) is 6.75. The molecule has 126 valence electrons. The van der Waals surface area contributed by atoms with Gasteiger partial charge in [0.15, 0.2) is 0 Å². The molecule has 5 nitrogen and oxygen atoms in total. The molecule has 0 radical (unpaired) electrons. The number of carbonyl (C=O) groups is 2. The molecule has 2 N–H and O–H groups in total. The molecule has 1 aromatic carbocycles. The second-order valence-electron chi connectivity index (χ2n) is 6.08. The Morgan fingerprint density at radius 3 is 2.43 bits per heavy atom. The molecule has 23 heavy (non-hydrogen) atoms. The molecule has 0 bridgehead atoms. The molecule has 1 amide bonds. The summed E-state index contributed by atoms with van der Waals surface area (Å²) in [5, 5.41) is 11.1. The van der Waals surface area contributed by atoms with E-state index in [0.29, 0.717) is 0 Å². The van der Waals surface area contributed by atoms with Gasteiger partial charge in [-0.1, -0.05) is 30.3 Å². The van der Waals surface area contributed by atoms with Crippen molar-refractivity contribution >= 4 is 12.1 Å². The van der Waals surface area contributed by atoms with E-state index in [1.165, 1.54) is 0 Å². The van der Waals surface area contributed by atoms with E-state index in [4.69, 9.17) is 9.84 Å². The fourth-order valence-corrected chi connectivity index (χ4v) is 1.84. The van der Waals surface area contributed by atoms with Crippen molar-refractivity contribution in [3.05, 3.63) is 47.8 Å². The van der Waals surface area contributed by atoms with Gasteiger partial charge in [-0.3, -0.25) is 4.79 Å². The number of nitrogens with one attached hydrogen (secondary N) is 1. The number of carboxylic acids is 1. The topological polar surface area (TPSA) is 75.6 Å². The number of carboxylic acid groups (broad SMARTS) is 1. The summed E-state index contributed by atoms with van der Waals surface area (Å²) < 4.78 is 19.4. The van der Waals surface area contributed by atoms with Crippen molar-refractivity contribution in [2.24, 2.45) is 0 Å². The van der Waals surface area contributed by atoms with Crippen LogP contribution in [0, 0.1) is 0 Å². The van der Waals surface area contributed by atoms with Gasteiger partial charge < -0.3 is 15.2 Å². The maximum Gasteiger partial charge on any atom is 0.408 e. The van der Waals surface area contributed by atoms with Gasteiger partial charge in [-0.05, 0) is 38.8 Å². The second kappa shape index (κ2) is 8.31. The number of hydrogen-bond acceptors (Lipinski definition) is 3. The smallest absolute Gasteiger partial charge is 0.408 e. The van der Waals surface area contributed by atoms with E-state index in [-0.39, 0.29) is 6.42 Å². The van der Waals surface area contributed by atoms with Crippen molar-refractivity contribution in [1.29, 1.82) is 0 Å². The summed E-state index contributed by atoms with van der Waals surface area (Å²) in [6.45, 7) is 5.11. The normalized spacial score (nSPS) is 13.3. The molecule has 0 fully saturated rings. The van der Waals surface area contributed by atoms with E-state index in [1.54, 1.807) is 45.0 Å². The van der Waals surface area contributed by atoms with Crippen LogP contribution in [0.1, 0.15) is 32.8 Å². The summed E-state index contributed by atoms with van der Waals surface area (Å²) >= 11 is 0. The standard InChI is InChI=1S/C17H22FNO4/c1-17(2,3)23-16(22)19-14(13(18)9-10-15(20)21)11-12-7-5-4-6-8-12/h4-9,14H,10-11H2,1-3H3,(H,19,22)(H,20,21)/b13-9-/t14-/m0/s1. The van der Waals surface area contributed by atoms with Gasteiger partial charge >= 0.3 is 12.1 Å². The van der Waals surface area contributed by atoms with Crippen LogP contribution < -0.4 is 5.32 Å². The summed E-state index contributed by atoms with van der Waals surface area (Å²) in [6.07, 6.45) is -0.0556. The molecule has 6 heteroatoms. The zero-order valence-corrected chi connectivity index (χ0v) is 13.5. The van der Waals surface area contributed by atoms with Gasteiger partial charge in [0.2, 0.25) is 0 Å². The zero-order valence-electron chi connectivity index (χ0n) is 13.5. The van der Waals surface area contributed by atoms with E-state index >= 15 is 0 Å². The minimum atomic E-state index is -1.14. The number of halogens is 1. The van der Waals surface area contributed by atoms with Gasteiger partial charge in [-0.15, -0.1) is 0 Å². The quantitative estimate of drug-likeness (QED) is 0.841. The first-order chi connectivity index (χ1) is 10.7. The predicted octanol–water partition coefficient (Wildman–Crippen LogP) is 3.45. The molecule has 0 aliphatic carbocycles. The molecule has 0 unspecified atom stereocenters. The summed E-state index contributed by atoms with van der Waals surface area (Å²) in [4.78, 5) is 22.4. The Morgan fingerprint density at radius 1 is 1.30 bits per heavy atom. The maximum absolute atomic E-state index is 14.2. The van der Waals surface area contributed by atoms with Crippen molar-refractivity contribution in [3.63, 3.8) is 0 Å². The van der Waals surface area contributed by atoms with Crippen molar-refractivity contribution in [2.45, 2.75) is 45.3 Å². The lowest BCUT2D eigenvalue weighted by molar-refractivity contribution is -0.136. The third-order valence-electron chi connectivity index (χ3n) is 2.78. The van der Waals surface area contributed by atoms with Crippen LogP contribution in [-0.2, 0) is 16.0 Å². The van der Waals surface area contributed by atoms with Gasteiger partial charge in [0, 0.05) is 0 Å². The Bertz CT molecular complexity index is 564. The molecule has 0 aliphatic heterocycles. The average molecular weight is 323 g/mol. The molecule has 1 rings (SSSR count). The number of alkyl carbamates (subject to hydrolysis) is 1. The van der Waals surface area contributed by atoms with E-state index < -0.39 is 36.0 Å². The van der Waals surface area contributed by atoms with Crippen molar-refractivity contribution in [2.75, 3.05) is 0 Å². The molecular formula is C17H22FNO4. The number of ether oxygens (including phenoxy) is 1. The van der Waals surface area contributed by atoms with Crippen molar-refractivity contribution in [1.82, 2.24) is 5.32 Å². The number of amides is 1. The molecule has 0 saturated heterocycles. The predicted molar refractivity (Wildman–Crippen MR) is 84.7 cm³/mol. The monoisotopic (exact) mass is 323 g/mol. The third-order valence-corrected chi connectivity index (χ3v) is 2.78. The molecule has 0 heterocycles. The number of carbonyl (C=O) groups excluding carboxylic acids is 1. The molecule has 1 atom stereocenters. The number of aliphatic carboxylic acids is 1. The summed E-state index contributed by atoms with van der Waals surface area (Å²) in [6, 6.07) is 8.06. The fourth-order valence-electron chi connectivity index (χ4n) is 1.84. The minimum absolute atomic E-state index is 0.196. The van der Waals surface area contributed by atoms with Crippen LogP contribution in [0.3, 0.4) is 0 Å². The summed E-state index contributed by atoms with van der Waals surface area (Å²) in [7, 11) is 0. The molecule has 0 saturated carbocycles. The molecule has 1 aromatic rings. The van der Waals surface area contributed by atoms with E-state index in [1.807, 2.05) is 6.07 Å². The lowest BCUT2D eigenvalue weighted by Gasteiger charge is -2.23. The summed E-state index contributed by atoms with van der Waals surface area (Å²) in [5.41, 5.74) is 0.107. The van der Waals surface area contributed by atoms with Crippen LogP contribution in [-0.4, -0.2) is 28.8 Å². The van der Waals surface area contributed by atoms with Crippen LogP contribution >= 0.6 is 0 Å². The van der Waals surface area contributed by atoms with Crippen molar-refractivity contribution in [3.8, 4) is 0 Å². The SMILES string of the molecule is CC(C)(C)OC(=O)N[C@@H](Cc1ccccc1)/C(F)=C/CC(=O)O. The largest absolute Gasteiger partial charge is 0.481 e. The highest BCUT2D eigenvalue weighted by Crippen LogP contribution is 2.14. The minimum Gasteiger partial charge on any atom is -0.481 e. The highest BCUT2D eigenvalue weighted by atomic mass is 19.1. The highest BCUT2D eigenvalue weighted by molar-refractivity contribution is 5.70. The van der Waals surface area contributed by atoms with E-state index in [9.17, 15) is 14.0 Å². The Labute approximate surface area is 135 Å². The van der Waals surface area contributed by atoms with E-state index in [2.05, 4.69) is 5.32 Å². The van der Waals surface area contributed by atoms with Gasteiger partial charge in [-0.25, -0.2) is 9.18 Å². The average Bonchev–Trinajstić information content (AvgIpc) is 2.43. The van der Waals surface area contributed by atoms with Crippen LogP contribution in [0.2, 0.25) is 0 Å². The first-order valence-corrected chi connectivity index (χ1v) is 7.28. The summed E-state index contributed by atoms with van der Waals surface area (Å²) in [5.74, 6) is -1.85. The maximum atomic E-state index is 14.2. The first kappa shape index (κ1) is 18.7.